The van der Waals surface area contributed by atoms with Gasteiger partial charge >= 0.3 is 0 Å². The summed E-state index contributed by atoms with van der Waals surface area (Å²) in [6.45, 7) is 2.35. The van der Waals surface area contributed by atoms with Crippen LogP contribution >= 0.6 is 11.6 Å². The van der Waals surface area contributed by atoms with Crippen molar-refractivity contribution in [1.29, 1.82) is 0 Å². The van der Waals surface area contributed by atoms with Crippen molar-refractivity contribution in [2.75, 3.05) is 7.11 Å². The number of halogens is 1. The van der Waals surface area contributed by atoms with E-state index in [-0.39, 0.29) is 5.38 Å². The van der Waals surface area contributed by atoms with Crippen LogP contribution in [0.25, 0.3) is 0 Å². The van der Waals surface area contributed by atoms with Gasteiger partial charge in [0.1, 0.15) is 5.75 Å². The first-order valence-corrected chi connectivity index (χ1v) is 7.35. The number of hydrogen-bond acceptors (Lipinski definition) is 1. The van der Waals surface area contributed by atoms with E-state index in [1.807, 2.05) is 12.1 Å². The molecule has 1 aromatic rings. The molecule has 1 aromatic carbocycles. The maximum Gasteiger partial charge on any atom is 0.119 e. The van der Waals surface area contributed by atoms with Crippen LogP contribution in [0.15, 0.2) is 24.3 Å². The van der Waals surface area contributed by atoms with Crippen molar-refractivity contribution >= 4 is 11.6 Å². The summed E-state index contributed by atoms with van der Waals surface area (Å²) in [5, 5.41) is 0.227. The molecule has 2 heteroatoms. The summed E-state index contributed by atoms with van der Waals surface area (Å²) in [5.41, 5.74) is 1.59. The molecule has 1 atom stereocenters. The Morgan fingerprint density at radius 2 is 2.00 bits per heavy atom. The summed E-state index contributed by atoms with van der Waals surface area (Å²) in [6.07, 6.45) is 7.51. The SMILES string of the molecule is COc1cccc(CC(Cl)C2(C)CCCCC2)c1. The van der Waals surface area contributed by atoms with E-state index in [4.69, 9.17) is 16.3 Å². The minimum absolute atomic E-state index is 0.227. The van der Waals surface area contributed by atoms with Crippen LogP contribution in [0.4, 0.5) is 0 Å². The lowest BCUT2D eigenvalue weighted by atomic mass is 9.72. The predicted molar refractivity (Wildman–Crippen MR) is 77.5 cm³/mol. The monoisotopic (exact) mass is 266 g/mol. The quantitative estimate of drug-likeness (QED) is 0.710. The molecule has 1 aliphatic rings. The number of methoxy groups -OCH3 is 1. The third-order valence-electron chi connectivity index (χ3n) is 4.30. The maximum absolute atomic E-state index is 6.69. The zero-order valence-corrected chi connectivity index (χ0v) is 12.2. The van der Waals surface area contributed by atoms with Crippen LogP contribution in [0, 0.1) is 5.41 Å². The standard InChI is InChI=1S/C16H23ClO/c1-16(9-4-3-5-10-16)15(17)12-13-7-6-8-14(11-13)18-2/h6-8,11,15H,3-5,9-10,12H2,1-2H3. The summed E-state index contributed by atoms with van der Waals surface area (Å²) in [7, 11) is 1.71. The number of benzene rings is 1. The number of alkyl halides is 1. The molecule has 1 aliphatic carbocycles. The summed E-state index contributed by atoms with van der Waals surface area (Å²) in [5.74, 6) is 0.921. The molecule has 1 unspecified atom stereocenters. The average Bonchev–Trinajstić information content (AvgIpc) is 2.40. The summed E-state index contributed by atoms with van der Waals surface area (Å²) < 4.78 is 5.26. The Morgan fingerprint density at radius 3 is 2.67 bits per heavy atom. The Balaban J connectivity index is 2.03. The maximum atomic E-state index is 6.69. The van der Waals surface area contributed by atoms with Gasteiger partial charge in [-0.25, -0.2) is 0 Å². The molecule has 0 spiro atoms. The normalized spacial score (nSPS) is 20.4. The molecule has 18 heavy (non-hydrogen) atoms. The van der Waals surface area contributed by atoms with E-state index in [1.165, 1.54) is 37.7 Å². The second-order valence-corrected chi connectivity index (χ2v) is 6.26. The molecular formula is C16H23ClO. The summed E-state index contributed by atoms with van der Waals surface area (Å²) >= 11 is 6.69. The molecule has 0 heterocycles. The van der Waals surface area contributed by atoms with Crippen LogP contribution in [-0.2, 0) is 6.42 Å². The molecule has 0 radical (unpaired) electrons. The second-order valence-electron chi connectivity index (χ2n) is 5.74. The van der Waals surface area contributed by atoms with Gasteiger partial charge in [0.15, 0.2) is 0 Å². The first kappa shape index (κ1) is 13.7. The first-order chi connectivity index (χ1) is 8.64. The zero-order chi connectivity index (χ0) is 13.0. The average molecular weight is 267 g/mol. The fourth-order valence-electron chi connectivity index (χ4n) is 2.93. The fourth-order valence-corrected chi connectivity index (χ4v) is 3.32. The second kappa shape index (κ2) is 5.97. The first-order valence-electron chi connectivity index (χ1n) is 6.91. The lowest BCUT2D eigenvalue weighted by Gasteiger charge is -2.37. The fraction of sp³-hybridized carbons (Fsp3) is 0.625. The summed E-state index contributed by atoms with van der Waals surface area (Å²) in [6, 6.07) is 8.27. The lowest BCUT2D eigenvalue weighted by molar-refractivity contribution is 0.205. The number of rotatable bonds is 4. The van der Waals surface area contributed by atoms with Gasteiger partial charge < -0.3 is 4.74 Å². The van der Waals surface area contributed by atoms with Crippen LogP contribution in [0.1, 0.15) is 44.6 Å². The van der Waals surface area contributed by atoms with Gasteiger partial charge in [-0.15, -0.1) is 11.6 Å². The largest absolute Gasteiger partial charge is 0.497 e. The van der Waals surface area contributed by atoms with Crippen molar-refractivity contribution in [3.8, 4) is 5.75 Å². The molecule has 1 fully saturated rings. The van der Waals surface area contributed by atoms with Crippen molar-refractivity contribution in [3.05, 3.63) is 29.8 Å². The van der Waals surface area contributed by atoms with Gasteiger partial charge in [-0.05, 0) is 42.4 Å². The van der Waals surface area contributed by atoms with E-state index < -0.39 is 0 Å². The van der Waals surface area contributed by atoms with Crippen LogP contribution in [0.5, 0.6) is 5.75 Å². The van der Waals surface area contributed by atoms with Crippen molar-refractivity contribution in [2.24, 2.45) is 5.41 Å². The molecule has 1 saturated carbocycles. The smallest absolute Gasteiger partial charge is 0.119 e. The molecule has 1 nitrogen and oxygen atoms in total. The molecule has 0 bridgehead atoms. The number of hydrogen-bond donors (Lipinski definition) is 0. The zero-order valence-electron chi connectivity index (χ0n) is 11.4. The topological polar surface area (TPSA) is 9.23 Å². The highest BCUT2D eigenvalue weighted by Gasteiger charge is 2.34. The van der Waals surface area contributed by atoms with Crippen LogP contribution < -0.4 is 4.74 Å². The van der Waals surface area contributed by atoms with Gasteiger partial charge in [-0.2, -0.15) is 0 Å². The van der Waals surface area contributed by atoms with E-state index >= 15 is 0 Å². The third kappa shape index (κ3) is 3.20. The van der Waals surface area contributed by atoms with E-state index in [9.17, 15) is 0 Å². The lowest BCUT2D eigenvalue weighted by Crippen LogP contribution is -2.32. The summed E-state index contributed by atoms with van der Waals surface area (Å²) in [4.78, 5) is 0. The highest BCUT2D eigenvalue weighted by molar-refractivity contribution is 6.21. The van der Waals surface area contributed by atoms with E-state index in [0.717, 1.165) is 12.2 Å². The Hall–Kier alpha value is -0.690. The van der Waals surface area contributed by atoms with E-state index in [1.54, 1.807) is 7.11 Å². The van der Waals surface area contributed by atoms with Gasteiger partial charge in [-0.1, -0.05) is 38.3 Å². The van der Waals surface area contributed by atoms with Crippen molar-refractivity contribution in [1.82, 2.24) is 0 Å². The molecular weight excluding hydrogens is 244 g/mol. The van der Waals surface area contributed by atoms with Crippen LogP contribution in [0.2, 0.25) is 0 Å². The molecule has 0 N–H and O–H groups in total. The highest BCUT2D eigenvalue weighted by Crippen LogP contribution is 2.42. The minimum atomic E-state index is 0.227. The van der Waals surface area contributed by atoms with Gasteiger partial charge in [0, 0.05) is 5.38 Å². The minimum Gasteiger partial charge on any atom is -0.497 e. The van der Waals surface area contributed by atoms with Crippen molar-refractivity contribution in [3.63, 3.8) is 0 Å². The molecule has 0 aliphatic heterocycles. The van der Waals surface area contributed by atoms with Crippen LogP contribution in [-0.4, -0.2) is 12.5 Å². The Morgan fingerprint density at radius 1 is 1.28 bits per heavy atom. The van der Waals surface area contributed by atoms with E-state index in [2.05, 4.69) is 19.1 Å². The predicted octanol–water partition coefficient (Wildman–Crippen LogP) is 4.82. The van der Waals surface area contributed by atoms with E-state index in [0.29, 0.717) is 5.41 Å². The molecule has 0 aromatic heterocycles. The van der Waals surface area contributed by atoms with Crippen molar-refractivity contribution in [2.45, 2.75) is 50.8 Å². The van der Waals surface area contributed by atoms with Gasteiger partial charge in [-0.3, -0.25) is 0 Å². The highest BCUT2D eigenvalue weighted by atomic mass is 35.5. The Kier molecular flexibility index (Phi) is 4.55. The van der Waals surface area contributed by atoms with Crippen LogP contribution in [0.3, 0.4) is 0 Å². The molecule has 0 amide bonds. The van der Waals surface area contributed by atoms with Gasteiger partial charge in [0.25, 0.3) is 0 Å². The van der Waals surface area contributed by atoms with Crippen molar-refractivity contribution < 1.29 is 4.74 Å². The van der Waals surface area contributed by atoms with Gasteiger partial charge in [0.05, 0.1) is 7.11 Å². The number of ether oxygens (including phenoxy) is 1. The Labute approximate surface area is 115 Å². The molecule has 0 saturated heterocycles. The molecule has 2 rings (SSSR count). The Bertz CT molecular complexity index is 382. The third-order valence-corrected chi connectivity index (χ3v) is 4.98. The molecule has 100 valence electrons. The van der Waals surface area contributed by atoms with Gasteiger partial charge in [0.2, 0.25) is 0 Å².